The molecule has 0 saturated carbocycles. The minimum Gasteiger partial charge on any atom is -0.344 e. The first-order valence-corrected chi connectivity index (χ1v) is 6.39. The fourth-order valence-electron chi connectivity index (χ4n) is 2.15. The number of likely N-dealkylation sites (tertiary alicyclic amines) is 1. The van der Waals surface area contributed by atoms with Crippen molar-refractivity contribution in [1.82, 2.24) is 9.80 Å². The van der Waals surface area contributed by atoms with Gasteiger partial charge in [0.25, 0.3) is 0 Å². The molecule has 1 aliphatic rings. The quantitative estimate of drug-likeness (QED) is 0.734. The van der Waals surface area contributed by atoms with Crippen molar-refractivity contribution in [3.05, 3.63) is 0 Å². The fraction of sp³-hybridized carbons (Fsp3) is 0.923. The van der Waals surface area contributed by atoms with Gasteiger partial charge in [-0.25, -0.2) is 0 Å². The van der Waals surface area contributed by atoms with E-state index in [1.165, 1.54) is 32.4 Å². The molecule has 0 spiro atoms. The molecule has 0 radical (unpaired) electrons. The van der Waals surface area contributed by atoms with Gasteiger partial charge < -0.3 is 9.80 Å². The summed E-state index contributed by atoms with van der Waals surface area (Å²) >= 11 is 0. The molecule has 94 valence electrons. The first kappa shape index (κ1) is 13.5. The van der Waals surface area contributed by atoms with Gasteiger partial charge in [-0.15, -0.1) is 0 Å². The number of carbonyl (C=O) groups is 1. The van der Waals surface area contributed by atoms with E-state index in [1.54, 1.807) is 0 Å². The van der Waals surface area contributed by atoms with E-state index >= 15 is 0 Å². The number of nitrogens with zero attached hydrogens (tertiary/aromatic N) is 2. The summed E-state index contributed by atoms with van der Waals surface area (Å²) in [6.07, 6.45) is 4.00. The van der Waals surface area contributed by atoms with Crippen molar-refractivity contribution < 1.29 is 4.79 Å². The summed E-state index contributed by atoms with van der Waals surface area (Å²) in [4.78, 5) is 16.3. The Kier molecular flexibility index (Phi) is 4.78. The summed E-state index contributed by atoms with van der Waals surface area (Å²) in [5.41, 5.74) is -0.253. The van der Waals surface area contributed by atoms with Crippen LogP contribution < -0.4 is 0 Å². The van der Waals surface area contributed by atoms with Gasteiger partial charge in [-0.3, -0.25) is 4.79 Å². The number of piperidine rings is 1. The number of carbonyl (C=O) groups excluding carboxylic acids is 1. The van der Waals surface area contributed by atoms with Gasteiger partial charge in [0.15, 0.2) is 0 Å². The third kappa shape index (κ3) is 4.12. The monoisotopic (exact) mass is 226 g/mol. The lowest BCUT2D eigenvalue weighted by Gasteiger charge is -2.31. The molecule has 3 heteroatoms. The van der Waals surface area contributed by atoms with Crippen LogP contribution in [0.3, 0.4) is 0 Å². The van der Waals surface area contributed by atoms with Crippen LogP contribution in [-0.4, -0.2) is 48.9 Å². The Morgan fingerprint density at radius 1 is 1.19 bits per heavy atom. The van der Waals surface area contributed by atoms with Crippen molar-refractivity contribution in [3.8, 4) is 0 Å². The highest BCUT2D eigenvalue weighted by atomic mass is 16.2. The Balaban J connectivity index is 2.28. The number of likely N-dealkylation sites (N-methyl/N-ethyl adjacent to an activating group) is 1. The second-order valence-corrected chi connectivity index (χ2v) is 5.88. The molecular formula is C13H26N2O. The number of hydrogen-bond donors (Lipinski definition) is 0. The predicted octanol–water partition coefficient (Wildman–Crippen LogP) is 1.98. The van der Waals surface area contributed by atoms with Crippen molar-refractivity contribution >= 4 is 5.91 Å². The molecule has 0 N–H and O–H groups in total. The SMILES string of the molecule is CN(CCN1CCCCC1)C(=O)C(C)(C)C. The molecule has 1 fully saturated rings. The zero-order chi connectivity index (χ0) is 12.2. The molecule has 0 atom stereocenters. The molecule has 3 nitrogen and oxygen atoms in total. The zero-order valence-electron chi connectivity index (χ0n) is 11.3. The third-order valence-corrected chi connectivity index (χ3v) is 3.19. The largest absolute Gasteiger partial charge is 0.344 e. The maximum Gasteiger partial charge on any atom is 0.227 e. The molecule has 1 aliphatic heterocycles. The normalized spacial score (nSPS) is 18.5. The van der Waals surface area contributed by atoms with E-state index < -0.39 is 0 Å². The van der Waals surface area contributed by atoms with Crippen LogP contribution in [0.2, 0.25) is 0 Å². The van der Waals surface area contributed by atoms with Crippen molar-refractivity contribution in [3.63, 3.8) is 0 Å². The Hall–Kier alpha value is -0.570. The molecule has 0 aromatic rings. The molecular weight excluding hydrogens is 200 g/mol. The summed E-state index contributed by atoms with van der Waals surface area (Å²) in [6, 6.07) is 0. The topological polar surface area (TPSA) is 23.6 Å². The molecule has 1 amide bonds. The van der Waals surface area contributed by atoms with Crippen molar-refractivity contribution in [2.45, 2.75) is 40.0 Å². The number of amides is 1. The van der Waals surface area contributed by atoms with Gasteiger partial charge in [0.05, 0.1) is 0 Å². The molecule has 1 heterocycles. The maximum atomic E-state index is 11.9. The number of rotatable bonds is 3. The van der Waals surface area contributed by atoms with Crippen molar-refractivity contribution in [2.75, 3.05) is 33.2 Å². The average molecular weight is 226 g/mol. The highest BCUT2D eigenvalue weighted by Crippen LogP contribution is 2.16. The molecule has 0 aromatic heterocycles. The fourth-order valence-corrected chi connectivity index (χ4v) is 2.15. The lowest BCUT2D eigenvalue weighted by molar-refractivity contribution is -0.138. The van der Waals surface area contributed by atoms with E-state index in [0.717, 1.165) is 13.1 Å². The van der Waals surface area contributed by atoms with Crippen LogP contribution in [0.1, 0.15) is 40.0 Å². The summed E-state index contributed by atoms with van der Waals surface area (Å²) in [7, 11) is 1.91. The van der Waals surface area contributed by atoms with E-state index in [9.17, 15) is 4.79 Å². The molecule has 0 aliphatic carbocycles. The predicted molar refractivity (Wildman–Crippen MR) is 67.4 cm³/mol. The lowest BCUT2D eigenvalue weighted by Crippen LogP contribution is -2.42. The van der Waals surface area contributed by atoms with Crippen molar-refractivity contribution in [1.29, 1.82) is 0 Å². The summed E-state index contributed by atoms with van der Waals surface area (Å²) < 4.78 is 0. The van der Waals surface area contributed by atoms with E-state index in [-0.39, 0.29) is 11.3 Å². The van der Waals surface area contributed by atoms with Gasteiger partial charge in [-0.05, 0) is 25.9 Å². The Morgan fingerprint density at radius 2 is 1.75 bits per heavy atom. The summed E-state index contributed by atoms with van der Waals surface area (Å²) in [5, 5.41) is 0. The number of hydrogen-bond acceptors (Lipinski definition) is 2. The Labute approximate surface area is 99.8 Å². The smallest absolute Gasteiger partial charge is 0.227 e. The van der Waals surface area contributed by atoms with Crippen LogP contribution in [0.15, 0.2) is 0 Å². The van der Waals surface area contributed by atoms with Gasteiger partial charge in [0.2, 0.25) is 5.91 Å². The van der Waals surface area contributed by atoms with E-state index in [1.807, 2.05) is 32.7 Å². The van der Waals surface area contributed by atoms with Gasteiger partial charge in [-0.1, -0.05) is 27.2 Å². The van der Waals surface area contributed by atoms with Gasteiger partial charge in [-0.2, -0.15) is 0 Å². The standard InChI is InChI=1S/C13H26N2O/c1-13(2,3)12(16)14(4)10-11-15-8-6-5-7-9-15/h5-11H2,1-4H3. The Bertz CT molecular complexity index is 227. The highest BCUT2D eigenvalue weighted by Gasteiger charge is 2.25. The van der Waals surface area contributed by atoms with Crippen LogP contribution in [0.25, 0.3) is 0 Å². The first-order valence-electron chi connectivity index (χ1n) is 6.39. The van der Waals surface area contributed by atoms with Crippen LogP contribution in [-0.2, 0) is 4.79 Å². The molecule has 1 rings (SSSR count). The maximum absolute atomic E-state index is 11.9. The molecule has 16 heavy (non-hydrogen) atoms. The van der Waals surface area contributed by atoms with E-state index in [4.69, 9.17) is 0 Å². The van der Waals surface area contributed by atoms with E-state index in [0.29, 0.717) is 0 Å². The van der Waals surface area contributed by atoms with Crippen molar-refractivity contribution in [2.24, 2.45) is 5.41 Å². The Morgan fingerprint density at radius 3 is 2.25 bits per heavy atom. The second kappa shape index (κ2) is 5.67. The highest BCUT2D eigenvalue weighted by molar-refractivity contribution is 5.81. The summed E-state index contributed by atoms with van der Waals surface area (Å²) in [5.74, 6) is 0.240. The van der Waals surface area contributed by atoms with Crippen LogP contribution in [0, 0.1) is 5.41 Å². The average Bonchev–Trinajstić information content (AvgIpc) is 2.25. The minimum absolute atomic E-state index is 0.240. The molecule has 0 unspecified atom stereocenters. The lowest BCUT2D eigenvalue weighted by atomic mass is 9.95. The van der Waals surface area contributed by atoms with Gasteiger partial charge >= 0.3 is 0 Å². The van der Waals surface area contributed by atoms with Gasteiger partial charge in [0, 0.05) is 25.6 Å². The van der Waals surface area contributed by atoms with Crippen LogP contribution >= 0.6 is 0 Å². The van der Waals surface area contributed by atoms with E-state index in [2.05, 4.69) is 4.90 Å². The molecule has 0 aromatic carbocycles. The van der Waals surface area contributed by atoms with Crippen LogP contribution in [0.4, 0.5) is 0 Å². The summed E-state index contributed by atoms with van der Waals surface area (Å²) in [6.45, 7) is 10.2. The van der Waals surface area contributed by atoms with Gasteiger partial charge in [0.1, 0.15) is 0 Å². The molecule has 1 saturated heterocycles. The minimum atomic E-state index is -0.253. The van der Waals surface area contributed by atoms with Crippen LogP contribution in [0.5, 0.6) is 0 Å². The second-order valence-electron chi connectivity index (χ2n) is 5.88. The third-order valence-electron chi connectivity index (χ3n) is 3.19. The first-order chi connectivity index (χ1) is 7.41. The molecule has 0 bridgehead atoms. The zero-order valence-corrected chi connectivity index (χ0v) is 11.3.